The first kappa shape index (κ1) is 17.3. The molecule has 0 amide bonds. The van der Waals surface area contributed by atoms with Gasteiger partial charge in [0.15, 0.2) is 11.6 Å². The molecule has 0 radical (unpaired) electrons. The molecule has 1 aromatic rings. The van der Waals surface area contributed by atoms with Crippen LogP contribution in [0.4, 0.5) is 4.39 Å². The Hall–Kier alpha value is -0.780. The Bertz CT molecular complexity index is 434. The molecule has 5 heteroatoms. The van der Waals surface area contributed by atoms with Crippen molar-refractivity contribution < 1.29 is 13.7 Å². The summed E-state index contributed by atoms with van der Waals surface area (Å²) in [6.45, 7) is 10.1. The van der Waals surface area contributed by atoms with Gasteiger partial charge in [-0.15, -0.1) is 4.72 Å². The van der Waals surface area contributed by atoms with E-state index in [4.69, 9.17) is 4.74 Å². The van der Waals surface area contributed by atoms with Crippen molar-refractivity contribution in [2.45, 2.75) is 51.8 Å². The minimum atomic E-state index is -1.17. The normalized spacial score (nSPS) is 14.9. The van der Waals surface area contributed by atoms with Crippen molar-refractivity contribution >= 4 is 11.4 Å². The van der Waals surface area contributed by atoms with E-state index in [9.17, 15) is 8.94 Å². The number of hydrogen-bond donors (Lipinski definition) is 1. The van der Waals surface area contributed by atoms with E-state index in [0.29, 0.717) is 6.61 Å². The molecule has 0 aliphatic carbocycles. The second kappa shape index (κ2) is 7.29. The molecule has 0 aromatic heterocycles. The summed E-state index contributed by atoms with van der Waals surface area (Å²) >= 11 is -1.17. The van der Waals surface area contributed by atoms with Crippen LogP contribution in [0.1, 0.15) is 52.6 Å². The summed E-state index contributed by atoms with van der Waals surface area (Å²) in [6, 6.07) is 4.60. The minimum absolute atomic E-state index is 0.139. The summed E-state index contributed by atoms with van der Waals surface area (Å²) in [7, 11) is 0. The summed E-state index contributed by atoms with van der Waals surface area (Å²) < 4.78 is 33.7. The summed E-state index contributed by atoms with van der Waals surface area (Å²) in [4.78, 5) is 0. The fraction of sp³-hybridized carbons (Fsp3) is 0.600. The third kappa shape index (κ3) is 4.96. The van der Waals surface area contributed by atoms with Gasteiger partial charge in [0, 0.05) is 11.4 Å². The third-order valence-electron chi connectivity index (χ3n) is 2.76. The fourth-order valence-corrected chi connectivity index (χ4v) is 2.33. The molecule has 0 saturated carbocycles. The van der Waals surface area contributed by atoms with Crippen LogP contribution in [0.3, 0.4) is 0 Å². The van der Waals surface area contributed by atoms with Gasteiger partial charge < -0.3 is 9.29 Å². The highest BCUT2D eigenvalue weighted by atomic mass is 32.2. The number of rotatable bonds is 6. The lowest BCUT2D eigenvalue weighted by atomic mass is 10.1. The molecule has 1 aromatic carbocycles. The number of hydrogen-bond acceptors (Lipinski definition) is 3. The molecule has 2 unspecified atom stereocenters. The van der Waals surface area contributed by atoms with E-state index in [1.54, 1.807) is 12.1 Å². The van der Waals surface area contributed by atoms with Gasteiger partial charge in [-0.3, -0.25) is 0 Å². The zero-order chi connectivity index (χ0) is 15.3. The molecule has 0 fully saturated rings. The molecule has 3 nitrogen and oxygen atoms in total. The fourth-order valence-electron chi connectivity index (χ4n) is 1.52. The maximum absolute atomic E-state index is 13.6. The largest absolute Gasteiger partial charge is 0.598 e. The second-order valence-corrected chi connectivity index (χ2v) is 7.76. The van der Waals surface area contributed by atoms with E-state index in [1.807, 2.05) is 34.6 Å². The molecule has 0 bridgehead atoms. The Kier molecular flexibility index (Phi) is 6.30. The van der Waals surface area contributed by atoms with Gasteiger partial charge in [0.2, 0.25) is 0 Å². The van der Waals surface area contributed by atoms with Crippen molar-refractivity contribution in [3.05, 3.63) is 29.6 Å². The topological polar surface area (TPSA) is 44.3 Å². The molecule has 0 aliphatic heterocycles. The second-order valence-electron chi connectivity index (χ2n) is 5.76. The van der Waals surface area contributed by atoms with Crippen molar-refractivity contribution in [2.24, 2.45) is 0 Å². The zero-order valence-electron chi connectivity index (χ0n) is 12.8. The summed E-state index contributed by atoms with van der Waals surface area (Å²) in [5.41, 5.74) is 0.857. The van der Waals surface area contributed by atoms with Crippen molar-refractivity contribution in [3.63, 3.8) is 0 Å². The van der Waals surface area contributed by atoms with Gasteiger partial charge in [0.25, 0.3) is 0 Å². The van der Waals surface area contributed by atoms with Gasteiger partial charge >= 0.3 is 0 Å². The Labute approximate surface area is 124 Å². The molecule has 2 atom stereocenters. The van der Waals surface area contributed by atoms with E-state index < -0.39 is 11.4 Å². The van der Waals surface area contributed by atoms with Crippen LogP contribution in [0.25, 0.3) is 0 Å². The number of nitrogens with one attached hydrogen (secondary N) is 1. The first-order valence-electron chi connectivity index (χ1n) is 6.86. The highest BCUT2D eigenvalue weighted by Crippen LogP contribution is 2.25. The van der Waals surface area contributed by atoms with E-state index in [1.165, 1.54) is 6.07 Å². The van der Waals surface area contributed by atoms with Gasteiger partial charge in [-0.2, -0.15) is 0 Å². The summed E-state index contributed by atoms with van der Waals surface area (Å²) in [5.74, 6) is -0.120. The number of benzene rings is 1. The smallest absolute Gasteiger partial charge is 0.165 e. The van der Waals surface area contributed by atoms with Gasteiger partial charge in [-0.1, -0.05) is 13.0 Å². The maximum Gasteiger partial charge on any atom is 0.165 e. The Balaban J connectivity index is 2.80. The van der Waals surface area contributed by atoms with Crippen molar-refractivity contribution in [2.75, 3.05) is 6.61 Å². The predicted molar refractivity (Wildman–Crippen MR) is 81.6 cm³/mol. The van der Waals surface area contributed by atoms with Gasteiger partial charge in [0.05, 0.1) is 12.6 Å². The molecule has 1 N–H and O–H groups in total. The van der Waals surface area contributed by atoms with Crippen molar-refractivity contribution in [1.29, 1.82) is 0 Å². The van der Waals surface area contributed by atoms with Crippen LogP contribution >= 0.6 is 0 Å². The lowest BCUT2D eigenvalue weighted by Gasteiger charge is -2.26. The molecule has 0 spiro atoms. The molecule has 0 saturated heterocycles. The predicted octanol–water partition coefficient (Wildman–Crippen LogP) is 3.73. The average molecular weight is 301 g/mol. The standard InChI is InChI=1S/C15H24FNO2S/c1-6-9-19-14-10-12(7-8-13(14)16)11(2)17-20(18)15(3,4)5/h7-8,10-11,17H,6,9H2,1-5H3. The van der Waals surface area contributed by atoms with Gasteiger partial charge in [-0.05, 0) is 51.8 Å². The van der Waals surface area contributed by atoms with E-state index >= 15 is 0 Å². The highest BCUT2D eigenvalue weighted by Gasteiger charge is 2.28. The number of ether oxygens (including phenoxy) is 1. The zero-order valence-corrected chi connectivity index (χ0v) is 13.6. The van der Waals surface area contributed by atoms with Crippen LogP contribution in [0.2, 0.25) is 0 Å². The molecule has 1 rings (SSSR count). The Morgan fingerprint density at radius 1 is 1.40 bits per heavy atom. The van der Waals surface area contributed by atoms with Gasteiger partial charge in [-0.25, -0.2) is 4.39 Å². The van der Waals surface area contributed by atoms with Crippen LogP contribution in [0.15, 0.2) is 18.2 Å². The third-order valence-corrected chi connectivity index (χ3v) is 4.44. The lowest BCUT2D eigenvalue weighted by Crippen LogP contribution is -2.40. The highest BCUT2D eigenvalue weighted by molar-refractivity contribution is 7.90. The van der Waals surface area contributed by atoms with Crippen LogP contribution in [0, 0.1) is 5.82 Å². The van der Waals surface area contributed by atoms with Crippen LogP contribution in [-0.2, 0) is 11.4 Å². The lowest BCUT2D eigenvalue weighted by molar-refractivity contribution is 0.300. The molecular formula is C15H24FNO2S. The van der Waals surface area contributed by atoms with Gasteiger partial charge in [0.1, 0.15) is 4.75 Å². The SMILES string of the molecule is CCCOc1cc(C(C)N[S+]([O-])C(C)(C)C)ccc1F. The molecule has 0 heterocycles. The minimum Gasteiger partial charge on any atom is -0.598 e. The average Bonchev–Trinajstić information content (AvgIpc) is 2.36. The molecule has 20 heavy (non-hydrogen) atoms. The van der Waals surface area contributed by atoms with E-state index in [0.717, 1.165) is 12.0 Å². The summed E-state index contributed by atoms with van der Waals surface area (Å²) in [5, 5.41) is 0. The van der Waals surface area contributed by atoms with Crippen molar-refractivity contribution in [3.8, 4) is 5.75 Å². The Morgan fingerprint density at radius 2 is 2.05 bits per heavy atom. The first-order valence-corrected chi connectivity index (χ1v) is 8.01. The molecule has 0 aliphatic rings. The quantitative estimate of drug-likeness (QED) is 0.814. The number of halogens is 1. The van der Waals surface area contributed by atoms with Crippen molar-refractivity contribution in [1.82, 2.24) is 4.72 Å². The maximum atomic E-state index is 13.6. The summed E-state index contributed by atoms with van der Waals surface area (Å²) in [6.07, 6.45) is 0.825. The monoisotopic (exact) mass is 301 g/mol. The Morgan fingerprint density at radius 3 is 2.60 bits per heavy atom. The van der Waals surface area contributed by atoms with Crippen LogP contribution in [-0.4, -0.2) is 15.9 Å². The van der Waals surface area contributed by atoms with E-state index in [2.05, 4.69) is 4.72 Å². The van der Waals surface area contributed by atoms with Crippen LogP contribution in [0.5, 0.6) is 5.75 Å². The van der Waals surface area contributed by atoms with E-state index in [-0.39, 0.29) is 22.4 Å². The molecular weight excluding hydrogens is 277 g/mol. The molecule has 114 valence electrons. The van der Waals surface area contributed by atoms with Crippen LogP contribution < -0.4 is 9.46 Å². The first-order chi connectivity index (χ1) is 9.25.